The molecule has 0 saturated carbocycles. The van der Waals surface area contributed by atoms with Crippen LogP contribution in [0.5, 0.6) is 0 Å². The van der Waals surface area contributed by atoms with Crippen molar-refractivity contribution in [3.63, 3.8) is 0 Å². The fourth-order valence-corrected chi connectivity index (χ4v) is 1.89. The Bertz CT molecular complexity index is 737. The molecule has 1 amide bonds. The van der Waals surface area contributed by atoms with Gasteiger partial charge < -0.3 is 4.74 Å². The highest BCUT2D eigenvalue weighted by molar-refractivity contribution is 7.89. The van der Waals surface area contributed by atoms with Crippen LogP contribution in [-0.4, -0.2) is 37.5 Å². The first-order valence-corrected chi connectivity index (χ1v) is 7.51. The average Bonchev–Trinajstić information content (AvgIpc) is 2.35. The van der Waals surface area contributed by atoms with Crippen molar-refractivity contribution in [2.45, 2.75) is 6.92 Å². The number of nitro benzene ring substituents is 1. The average molecular weight is 329 g/mol. The maximum atomic E-state index is 11.6. The lowest BCUT2D eigenvalue weighted by Gasteiger charge is -2.02. The van der Waals surface area contributed by atoms with Gasteiger partial charge in [0.25, 0.3) is 5.69 Å². The highest BCUT2D eigenvalue weighted by atomic mass is 32.2. The molecular formula is C11H11N3O7S. The molecule has 0 saturated heterocycles. The van der Waals surface area contributed by atoms with E-state index in [1.807, 2.05) is 4.72 Å². The van der Waals surface area contributed by atoms with Crippen molar-refractivity contribution in [2.75, 3.05) is 6.26 Å². The number of benzene rings is 1. The standard InChI is InChI=1S/C11H11N3O7S/c1-7(13-22(2,19)20)12-11(16)21-10(15)8-3-5-9(6-4-8)14(17)18/h3-6H,1-2H3,(H,12,13,16). The van der Waals surface area contributed by atoms with Gasteiger partial charge in [0.2, 0.25) is 10.0 Å². The number of ether oxygens (including phenoxy) is 1. The van der Waals surface area contributed by atoms with E-state index in [9.17, 15) is 28.1 Å². The Labute approximate surface area is 125 Å². The van der Waals surface area contributed by atoms with Crippen molar-refractivity contribution in [3.8, 4) is 0 Å². The molecule has 0 aliphatic rings. The van der Waals surface area contributed by atoms with Crippen LogP contribution in [0.1, 0.15) is 17.3 Å². The van der Waals surface area contributed by atoms with Gasteiger partial charge in [-0.15, -0.1) is 0 Å². The van der Waals surface area contributed by atoms with Crippen LogP contribution in [0.15, 0.2) is 29.3 Å². The van der Waals surface area contributed by atoms with Gasteiger partial charge in [-0.3, -0.25) is 14.8 Å². The fourth-order valence-electron chi connectivity index (χ4n) is 1.31. The summed E-state index contributed by atoms with van der Waals surface area (Å²) in [5, 5.41) is 10.5. The Kier molecular flexibility index (Phi) is 5.29. The molecule has 0 radical (unpaired) electrons. The number of hydrogen-bond donors (Lipinski definition) is 1. The van der Waals surface area contributed by atoms with Crippen molar-refractivity contribution in [1.29, 1.82) is 0 Å². The molecule has 1 aromatic rings. The van der Waals surface area contributed by atoms with E-state index in [0.717, 1.165) is 30.5 Å². The molecule has 0 heterocycles. The van der Waals surface area contributed by atoms with E-state index >= 15 is 0 Å². The van der Waals surface area contributed by atoms with Gasteiger partial charge in [0.15, 0.2) is 0 Å². The second kappa shape index (κ2) is 6.76. The monoisotopic (exact) mass is 329 g/mol. The van der Waals surface area contributed by atoms with Crippen LogP contribution in [0.2, 0.25) is 0 Å². The number of aliphatic imine (C=N–C) groups is 1. The van der Waals surface area contributed by atoms with E-state index < -0.39 is 27.0 Å². The molecule has 118 valence electrons. The van der Waals surface area contributed by atoms with Gasteiger partial charge in [0.05, 0.1) is 16.7 Å². The number of esters is 1. The van der Waals surface area contributed by atoms with Gasteiger partial charge >= 0.3 is 12.1 Å². The Morgan fingerprint density at radius 1 is 1.27 bits per heavy atom. The third-order valence-electron chi connectivity index (χ3n) is 2.09. The van der Waals surface area contributed by atoms with Crippen LogP contribution in [0.25, 0.3) is 0 Å². The highest BCUT2D eigenvalue weighted by Gasteiger charge is 2.15. The van der Waals surface area contributed by atoms with Crippen molar-refractivity contribution < 1.29 is 27.7 Å². The first kappa shape index (κ1) is 17.2. The minimum atomic E-state index is -3.60. The highest BCUT2D eigenvalue weighted by Crippen LogP contribution is 2.12. The number of nitrogens with one attached hydrogen (secondary N) is 1. The van der Waals surface area contributed by atoms with E-state index in [4.69, 9.17) is 0 Å². The lowest BCUT2D eigenvalue weighted by molar-refractivity contribution is -0.384. The Morgan fingerprint density at radius 3 is 2.27 bits per heavy atom. The number of carbonyl (C=O) groups is 2. The quantitative estimate of drug-likeness (QED) is 0.216. The fraction of sp³-hybridized carbons (Fsp3) is 0.182. The predicted molar refractivity (Wildman–Crippen MR) is 75.0 cm³/mol. The molecule has 0 aromatic heterocycles. The largest absolute Gasteiger partial charge is 0.443 e. The van der Waals surface area contributed by atoms with Crippen LogP contribution in [0.3, 0.4) is 0 Å². The topological polar surface area (TPSA) is 145 Å². The maximum Gasteiger partial charge on any atom is 0.443 e. The van der Waals surface area contributed by atoms with E-state index in [1.165, 1.54) is 6.92 Å². The van der Waals surface area contributed by atoms with Gasteiger partial charge in [-0.25, -0.2) is 18.0 Å². The molecular weight excluding hydrogens is 318 g/mol. The summed E-state index contributed by atoms with van der Waals surface area (Å²) in [4.78, 5) is 35.9. The number of non-ortho nitro benzene ring substituents is 1. The number of sulfonamides is 1. The summed E-state index contributed by atoms with van der Waals surface area (Å²) in [6.45, 7) is 1.19. The van der Waals surface area contributed by atoms with E-state index in [1.54, 1.807) is 0 Å². The van der Waals surface area contributed by atoms with Gasteiger partial charge in [-0.05, 0) is 19.1 Å². The summed E-state index contributed by atoms with van der Waals surface area (Å²) in [6, 6.07) is 4.36. The molecule has 22 heavy (non-hydrogen) atoms. The maximum absolute atomic E-state index is 11.6. The van der Waals surface area contributed by atoms with Crippen molar-refractivity contribution in [2.24, 2.45) is 4.99 Å². The lowest BCUT2D eigenvalue weighted by atomic mass is 10.2. The van der Waals surface area contributed by atoms with Crippen LogP contribution in [-0.2, 0) is 14.8 Å². The van der Waals surface area contributed by atoms with Crippen LogP contribution >= 0.6 is 0 Å². The van der Waals surface area contributed by atoms with Gasteiger partial charge in [-0.1, -0.05) is 0 Å². The summed E-state index contributed by atoms with van der Waals surface area (Å²) < 4.78 is 28.0. The molecule has 0 unspecified atom stereocenters. The number of nitrogens with zero attached hydrogens (tertiary/aromatic N) is 2. The van der Waals surface area contributed by atoms with Crippen LogP contribution < -0.4 is 4.72 Å². The van der Waals surface area contributed by atoms with Gasteiger partial charge in [-0.2, -0.15) is 4.99 Å². The van der Waals surface area contributed by atoms with E-state index in [2.05, 4.69) is 9.73 Å². The van der Waals surface area contributed by atoms with Gasteiger partial charge in [0.1, 0.15) is 5.84 Å². The Hall–Kier alpha value is -2.82. The molecule has 1 N–H and O–H groups in total. The zero-order valence-electron chi connectivity index (χ0n) is 11.5. The van der Waals surface area contributed by atoms with E-state index in [-0.39, 0.29) is 17.1 Å². The van der Waals surface area contributed by atoms with E-state index in [0.29, 0.717) is 0 Å². The summed E-state index contributed by atoms with van der Waals surface area (Å²) in [6.07, 6.45) is -0.462. The molecule has 0 fully saturated rings. The summed E-state index contributed by atoms with van der Waals surface area (Å²) in [7, 11) is -3.60. The SMILES string of the molecule is C/C(=N/C(=O)OC(=O)c1ccc([N+](=O)[O-])cc1)NS(C)(=O)=O. The zero-order chi connectivity index (χ0) is 16.9. The molecule has 0 atom stereocenters. The molecule has 0 bridgehead atoms. The minimum Gasteiger partial charge on any atom is -0.371 e. The summed E-state index contributed by atoms with van der Waals surface area (Å²) >= 11 is 0. The number of nitro groups is 1. The molecule has 0 aliphatic carbocycles. The predicted octanol–water partition coefficient (Wildman–Crippen LogP) is 0.839. The molecule has 0 spiro atoms. The molecule has 10 nitrogen and oxygen atoms in total. The lowest BCUT2D eigenvalue weighted by Crippen LogP contribution is -2.28. The van der Waals surface area contributed by atoms with Gasteiger partial charge in [0, 0.05) is 12.1 Å². The normalized spacial score (nSPS) is 11.6. The smallest absolute Gasteiger partial charge is 0.371 e. The minimum absolute atomic E-state index is 0.0946. The second-order valence-electron chi connectivity index (χ2n) is 4.03. The molecule has 1 rings (SSSR count). The first-order chi connectivity index (χ1) is 10.1. The zero-order valence-corrected chi connectivity index (χ0v) is 12.3. The molecule has 0 aliphatic heterocycles. The van der Waals surface area contributed by atoms with Crippen molar-refractivity contribution in [3.05, 3.63) is 39.9 Å². The third-order valence-corrected chi connectivity index (χ3v) is 2.75. The first-order valence-electron chi connectivity index (χ1n) is 5.62. The van der Waals surface area contributed by atoms with Crippen LogP contribution in [0, 0.1) is 10.1 Å². The Balaban J connectivity index is 2.74. The molecule has 11 heteroatoms. The number of carbonyl (C=O) groups excluding carboxylic acids is 2. The second-order valence-corrected chi connectivity index (χ2v) is 5.78. The number of amidine groups is 1. The third kappa shape index (κ3) is 5.66. The van der Waals surface area contributed by atoms with Crippen LogP contribution in [0.4, 0.5) is 10.5 Å². The summed E-state index contributed by atoms with van der Waals surface area (Å²) in [5.74, 6) is -1.35. The number of hydrogen-bond acceptors (Lipinski definition) is 7. The number of rotatable bonds is 3. The van der Waals surface area contributed by atoms with Crippen molar-refractivity contribution in [1.82, 2.24) is 4.72 Å². The molecule has 1 aromatic carbocycles. The summed E-state index contributed by atoms with van der Waals surface area (Å²) in [5.41, 5.74) is -0.322. The number of amides is 1. The van der Waals surface area contributed by atoms with Crippen molar-refractivity contribution >= 4 is 33.6 Å². The Morgan fingerprint density at radius 2 is 1.82 bits per heavy atom.